The van der Waals surface area contributed by atoms with Gasteiger partial charge in [0.25, 0.3) is 0 Å². The monoisotopic (exact) mass is 295 g/mol. The summed E-state index contributed by atoms with van der Waals surface area (Å²) in [7, 11) is 0. The van der Waals surface area contributed by atoms with Gasteiger partial charge in [0, 0.05) is 23.6 Å². The highest BCUT2D eigenvalue weighted by Gasteiger charge is 2.16. The van der Waals surface area contributed by atoms with Gasteiger partial charge < -0.3 is 4.74 Å². The SMILES string of the molecule is CC(C)(C)OC(=O)Nc1ccc(C#N)c(-c2ccncc2)c1. The highest BCUT2D eigenvalue weighted by molar-refractivity contribution is 5.87. The molecule has 1 amide bonds. The molecule has 5 nitrogen and oxygen atoms in total. The van der Waals surface area contributed by atoms with Crippen LogP contribution in [0.1, 0.15) is 26.3 Å². The summed E-state index contributed by atoms with van der Waals surface area (Å²) in [4.78, 5) is 15.8. The first-order chi connectivity index (χ1) is 10.4. The zero-order valence-corrected chi connectivity index (χ0v) is 12.8. The molecule has 1 aromatic heterocycles. The summed E-state index contributed by atoms with van der Waals surface area (Å²) in [6.07, 6.45) is 2.78. The number of anilines is 1. The van der Waals surface area contributed by atoms with Gasteiger partial charge in [-0.05, 0) is 56.7 Å². The predicted octanol–water partition coefficient (Wildman–Crippen LogP) is 3.97. The van der Waals surface area contributed by atoms with Crippen molar-refractivity contribution in [2.24, 2.45) is 0 Å². The van der Waals surface area contributed by atoms with Crippen LogP contribution in [0.25, 0.3) is 11.1 Å². The minimum Gasteiger partial charge on any atom is -0.444 e. The standard InChI is InChI=1S/C17H17N3O2/c1-17(2,3)22-16(21)20-14-5-4-13(11-18)15(10-14)12-6-8-19-9-7-12/h4-10H,1-3H3,(H,20,21). The third-order valence-electron chi connectivity index (χ3n) is 2.78. The number of ether oxygens (including phenoxy) is 1. The Hall–Kier alpha value is -2.87. The number of nitrogens with zero attached hydrogens (tertiary/aromatic N) is 2. The Bertz CT molecular complexity index is 713. The molecule has 0 aliphatic carbocycles. The molecule has 0 aliphatic heterocycles. The summed E-state index contributed by atoms with van der Waals surface area (Å²) >= 11 is 0. The lowest BCUT2D eigenvalue weighted by Crippen LogP contribution is -2.27. The van der Waals surface area contributed by atoms with Crippen LogP contribution in [0.15, 0.2) is 42.7 Å². The van der Waals surface area contributed by atoms with E-state index in [0.717, 1.165) is 11.1 Å². The van der Waals surface area contributed by atoms with Crippen LogP contribution < -0.4 is 5.32 Å². The molecule has 0 fully saturated rings. The Morgan fingerprint density at radius 2 is 1.91 bits per heavy atom. The van der Waals surface area contributed by atoms with Gasteiger partial charge in [0.15, 0.2) is 0 Å². The van der Waals surface area contributed by atoms with E-state index in [9.17, 15) is 10.1 Å². The first-order valence-corrected chi connectivity index (χ1v) is 6.83. The molecule has 1 aromatic carbocycles. The fourth-order valence-corrected chi connectivity index (χ4v) is 1.91. The van der Waals surface area contributed by atoms with Crippen molar-refractivity contribution >= 4 is 11.8 Å². The van der Waals surface area contributed by atoms with Gasteiger partial charge in [-0.3, -0.25) is 10.3 Å². The van der Waals surface area contributed by atoms with Crippen LogP contribution in [0.3, 0.4) is 0 Å². The lowest BCUT2D eigenvalue weighted by Gasteiger charge is -2.20. The molecule has 112 valence electrons. The van der Waals surface area contributed by atoms with Crippen molar-refractivity contribution in [2.45, 2.75) is 26.4 Å². The molecule has 0 aliphatic rings. The smallest absolute Gasteiger partial charge is 0.412 e. The molecule has 1 N–H and O–H groups in total. The predicted molar refractivity (Wildman–Crippen MR) is 84.2 cm³/mol. The van der Waals surface area contributed by atoms with Gasteiger partial charge in [0.1, 0.15) is 5.60 Å². The summed E-state index contributed by atoms with van der Waals surface area (Å²) < 4.78 is 5.22. The summed E-state index contributed by atoms with van der Waals surface area (Å²) in [6, 6.07) is 10.9. The van der Waals surface area contributed by atoms with E-state index in [4.69, 9.17) is 4.74 Å². The lowest BCUT2D eigenvalue weighted by molar-refractivity contribution is 0.0636. The third-order valence-corrected chi connectivity index (χ3v) is 2.78. The average Bonchev–Trinajstić information content (AvgIpc) is 2.46. The first kappa shape index (κ1) is 15.5. The van der Waals surface area contributed by atoms with Crippen LogP contribution >= 0.6 is 0 Å². The quantitative estimate of drug-likeness (QED) is 0.909. The Labute approximate surface area is 129 Å². The topological polar surface area (TPSA) is 75.0 Å². The zero-order chi connectivity index (χ0) is 16.2. The number of carbonyl (C=O) groups excluding carboxylic acids is 1. The van der Waals surface area contributed by atoms with Gasteiger partial charge >= 0.3 is 6.09 Å². The number of hydrogen-bond donors (Lipinski definition) is 1. The fourth-order valence-electron chi connectivity index (χ4n) is 1.91. The molecular formula is C17H17N3O2. The van der Waals surface area contributed by atoms with Gasteiger partial charge in [0.2, 0.25) is 0 Å². The van der Waals surface area contributed by atoms with E-state index in [1.165, 1.54) is 0 Å². The van der Waals surface area contributed by atoms with Crippen LogP contribution in [0, 0.1) is 11.3 Å². The number of nitriles is 1. The van der Waals surface area contributed by atoms with Crippen LogP contribution in [0.5, 0.6) is 0 Å². The second kappa shape index (κ2) is 6.27. The number of pyridine rings is 1. The Morgan fingerprint density at radius 1 is 1.23 bits per heavy atom. The number of amides is 1. The molecule has 1 heterocycles. The van der Waals surface area contributed by atoms with E-state index < -0.39 is 11.7 Å². The minimum atomic E-state index is -0.565. The van der Waals surface area contributed by atoms with Crippen LogP contribution in [0.4, 0.5) is 10.5 Å². The van der Waals surface area contributed by atoms with Crippen LogP contribution in [-0.4, -0.2) is 16.7 Å². The van der Waals surface area contributed by atoms with Gasteiger partial charge in [-0.15, -0.1) is 0 Å². The Balaban J connectivity index is 2.29. The molecule has 0 unspecified atom stereocenters. The van der Waals surface area contributed by atoms with Crippen molar-refractivity contribution in [3.63, 3.8) is 0 Å². The molecule has 0 spiro atoms. The molecule has 5 heteroatoms. The van der Waals surface area contributed by atoms with Gasteiger partial charge in [-0.2, -0.15) is 5.26 Å². The van der Waals surface area contributed by atoms with Crippen molar-refractivity contribution < 1.29 is 9.53 Å². The molecule has 2 aromatic rings. The largest absolute Gasteiger partial charge is 0.444 e. The fraction of sp³-hybridized carbons (Fsp3) is 0.235. The van der Waals surface area contributed by atoms with E-state index in [2.05, 4.69) is 16.4 Å². The van der Waals surface area contributed by atoms with Gasteiger partial charge in [0.05, 0.1) is 11.6 Å². The van der Waals surface area contributed by atoms with Crippen LogP contribution in [0.2, 0.25) is 0 Å². The second-order valence-electron chi connectivity index (χ2n) is 5.73. The number of nitrogens with one attached hydrogen (secondary N) is 1. The summed E-state index contributed by atoms with van der Waals surface area (Å²) in [5, 5.41) is 11.9. The minimum absolute atomic E-state index is 0.529. The van der Waals surface area contributed by atoms with E-state index in [1.54, 1.807) is 51.4 Å². The number of hydrogen-bond acceptors (Lipinski definition) is 4. The number of benzene rings is 1. The summed E-state index contributed by atoms with van der Waals surface area (Å²) in [6.45, 7) is 5.40. The molecule has 0 radical (unpaired) electrons. The molecular weight excluding hydrogens is 278 g/mol. The highest BCUT2D eigenvalue weighted by Crippen LogP contribution is 2.26. The summed E-state index contributed by atoms with van der Waals surface area (Å²) in [5.41, 5.74) is 2.13. The average molecular weight is 295 g/mol. The third kappa shape index (κ3) is 4.06. The maximum atomic E-state index is 11.8. The number of rotatable bonds is 2. The van der Waals surface area contributed by atoms with Crippen molar-refractivity contribution in [3.8, 4) is 17.2 Å². The lowest BCUT2D eigenvalue weighted by atomic mass is 10.0. The van der Waals surface area contributed by atoms with E-state index >= 15 is 0 Å². The maximum Gasteiger partial charge on any atom is 0.412 e. The van der Waals surface area contributed by atoms with E-state index in [1.807, 2.05) is 12.1 Å². The second-order valence-corrected chi connectivity index (χ2v) is 5.73. The summed E-state index contributed by atoms with van der Waals surface area (Å²) in [5.74, 6) is 0. The normalized spacial score (nSPS) is 10.6. The first-order valence-electron chi connectivity index (χ1n) is 6.83. The number of carbonyl (C=O) groups is 1. The van der Waals surface area contributed by atoms with Crippen LogP contribution in [-0.2, 0) is 4.74 Å². The Morgan fingerprint density at radius 3 is 2.50 bits per heavy atom. The van der Waals surface area contributed by atoms with E-state index in [0.29, 0.717) is 11.3 Å². The van der Waals surface area contributed by atoms with Crippen molar-refractivity contribution in [3.05, 3.63) is 48.3 Å². The van der Waals surface area contributed by atoms with Gasteiger partial charge in [-0.1, -0.05) is 0 Å². The number of aromatic nitrogens is 1. The molecule has 0 bridgehead atoms. The Kier molecular flexibility index (Phi) is 4.42. The molecule has 0 atom stereocenters. The maximum absolute atomic E-state index is 11.8. The zero-order valence-electron chi connectivity index (χ0n) is 12.8. The van der Waals surface area contributed by atoms with Crippen molar-refractivity contribution in [1.29, 1.82) is 5.26 Å². The van der Waals surface area contributed by atoms with Crippen molar-refractivity contribution in [2.75, 3.05) is 5.32 Å². The molecule has 0 saturated carbocycles. The molecule has 0 saturated heterocycles. The molecule has 22 heavy (non-hydrogen) atoms. The van der Waals surface area contributed by atoms with Gasteiger partial charge in [-0.25, -0.2) is 4.79 Å². The van der Waals surface area contributed by atoms with E-state index in [-0.39, 0.29) is 0 Å². The highest BCUT2D eigenvalue weighted by atomic mass is 16.6. The molecule has 2 rings (SSSR count). The van der Waals surface area contributed by atoms with Crippen molar-refractivity contribution in [1.82, 2.24) is 4.98 Å².